The number of amides is 4. The van der Waals surface area contributed by atoms with Crippen LogP contribution in [0.2, 0.25) is 5.02 Å². The van der Waals surface area contributed by atoms with Crippen molar-refractivity contribution < 1.29 is 27.6 Å². The normalized spacial score (nSPS) is 22.7. The Morgan fingerprint density at radius 3 is 2.36 bits per heavy atom. The molecule has 4 fully saturated rings. The van der Waals surface area contributed by atoms with Crippen molar-refractivity contribution in [3.8, 4) is 11.3 Å². The van der Waals surface area contributed by atoms with Crippen molar-refractivity contribution in [1.82, 2.24) is 34.4 Å². The molecule has 0 spiro atoms. The third-order valence-corrected chi connectivity index (χ3v) is 9.31. The van der Waals surface area contributed by atoms with Gasteiger partial charge in [-0.3, -0.25) is 14.3 Å². The van der Waals surface area contributed by atoms with Gasteiger partial charge in [0.2, 0.25) is 0 Å². The minimum atomic E-state index is -4.67. The van der Waals surface area contributed by atoms with Gasteiger partial charge in [0.25, 0.3) is 11.8 Å². The fourth-order valence-electron chi connectivity index (χ4n) is 6.38. The van der Waals surface area contributed by atoms with E-state index in [0.717, 1.165) is 38.8 Å². The first-order chi connectivity index (χ1) is 21.0. The molecule has 1 unspecified atom stereocenters. The van der Waals surface area contributed by atoms with Crippen LogP contribution in [-0.2, 0) is 13.2 Å². The second-order valence-corrected chi connectivity index (χ2v) is 12.4. The van der Waals surface area contributed by atoms with E-state index in [1.165, 1.54) is 46.9 Å². The van der Waals surface area contributed by atoms with Gasteiger partial charge in [0.05, 0.1) is 34.1 Å². The number of carbonyl (C=O) groups excluding carboxylic acids is 3. The molecule has 3 atom stereocenters. The predicted octanol–water partition coefficient (Wildman–Crippen LogP) is 4.42. The lowest BCUT2D eigenvalue weighted by Crippen LogP contribution is -2.43. The van der Waals surface area contributed by atoms with E-state index >= 15 is 0 Å². The summed E-state index contributed by atoms with van der Waals surface area (Å²) >= 11 is 6.42. The molecule has 2 N–H and O–H groups in total. The van der Waals surface area contributed by atoms with Gasteiger partial charge in [-0.15, -0.1) is 0 Å². The number of imidazole rings is 1. The number of rotatable bonds is 6. The monoisotopic (exact) mass is 630 g/mol. The van der Waals surface area contributed by atoms with Crippen LogP contribution in [0.15, 0.2) is 30.6 Å². The molecule has 0 bridgehead atoms. The molecule has 4 amide bonds. The Balaban J connectivity index is 0.984. The minimum absolute atomic E-state index is 0.0209. The zero-order valence-electron chi connectivity index (χ0n) is 23.8. The topological polar surface area (TPSA) is 117 Å². The first kappa shape index (κ1) is 28.7. The maximum atomic E-state index is 13.7. The summed E-state index contributed by atoms with van der Waals surface area (Å²) in [5.41, 5.74) is -0.539. The molecule has 232 valence electrons. The third kappa shape index (κ3) is 5.18. The smallest absolute Gasteiger partial charge is 0.349 e. The van der Waals surface area contributed by atoms with E-state index in [0.29, 0.717) is 13.1 Å². The van der Waals surface area contributed by atoms with Gasteiger partial charge in [0, 0.05) is 63.0 Å². The molecule has 2 saturated heterocycles. The molecule has 4 aliphatic rings. The molecule has 15 heteroatoms. The van der Waals surface area contributed by atoms with Crippen molar-refractivity contribution in [3.05, 3.63) is 52.7 Å². The predicted molar refractivity (Wildman–Crippen MR) is 153 cm³/mol. The number of halogens is 4. The summed E-state index contributed by atoms with van der Waals surface area (Å²) < 4.78 is 43.8. The van der Waals surface area contributed by atoms with Crippen LogP contribution in [0.4, 0.5) is 23.7 Å². The van der Waals surface area contributed by atoms with Gasteiger partial charge in [-0.2, -0.15) is 18.3 Å². The fraction of sp³-hybridized carbons (Fsp3) is 0.483. The van der Waals surface area contributed by atoms with Crippen molar-refractivity contribution in [2.24, 2.45) is 18.9 Å². The van der Waals surface area contributed by atoms with Crippen LogP contribution in [0, 0.1) is 11.8 Å². The van der Waals surface area contributed by atoms with Gasteiger partial charge < -0.3 is 25.0 Å². The van der Waals surface area contributed by atoms with Crippen molar-refractivity contribution in [2.75, 3.05) is 31.5 Å². The van der Waals surface area contributed by atoms with Crippen molar-refractivity contribution >= 4 is 35.1 Å². The molecule has 7 rings (SSSR count). The Hall–Kier alpha value is -4.07. The lowest BCUT2D eigenvalue weighted by Gasteiger charge is -2.26. The molecule has 0 radical (unpaired) electrons. The molecule has 2 aliphatic carbocycles. The van der Waals surface area contributed by atoms with Gasteiger partial charge in [-0.1, -0.05) is 11.6 Å². The minimum Gasteiger partial charge on any atom is -0.349 e. The lowest BCUT2D eigenvalue weighted by atomic mass is 10.2. The maximum Gasteiger partial charge on any atom is 0.435 e. The van der Waals surface area contributed by atoms with Crippen LogP contribution >= 0.6 is 11.6 Å². The Kier molecular flexibility index (Phi) is 6.87. The summed E-state index contributed by atoms with van der Waals surface area (Å²) in [7, 11) is 1.46. The highest BCUT2D eigenvalue weighted by molar-refractivity contribution is 6.34. The van der Waals surface area contributed by atoms with Gasteiger partial charge in [0.15, 0.2) is 11.5 Å². The zero-order valence-corrected chi connectivity index (χ0v) is 24.5. The number of hydrogen-bond acceptors (Lipinski definition) is 5. The van der Waals surface area contributed by atoms with Crippen LogP contribution in [0.5, 0.6) is 0 Å². The molecular weight excluding hydrogens is 601 g/mol. The Bertz CT molecular complexity index is 1650. The average molecular weight is 631 g/mol. The first-order valence-electron chi connectivity index (χ1n) is 14.6. The SMILES string of the molecule is Cn1c(-c2cn(C3CC3)nc2C(F)(F)F)cnc1C(=O)Nc1ccc(C(=O)NC2[C@H]3CN(C(=O)N4CCCC4)C[C@@H]23)c(Cl)c1. The van der Waals surface area contributed by atoms with E-state index in [2.05, 4.69) is 20.7 Å². The summed E-state index contributed by atoms with van der Waals surface area (Å²) in [6.07, 6.45) is 1.51. The summed E-state index contributed by atoms with van der Waals surface area (Å²) in [4.78, 5) is 46.5. The first-order valence-corrected chi connectivity index (χ1v) is 15.0. The van der Waals surface area contributed by atoms with Crippen LogP contribution in [-0.4, -0.2) is 79.2 Å². The molecule has 44 heavy (non-hydrogen) atoms. The number of benzene rings is 1. The highest BCUT2D eigenvalue weighted by Gasteiger charge is 2.58. The largest absolute Gasteiger partial charge is 0.435 e. The summed E-state index contributed by atoms with van der Waals surface area (Å²) in [5.74, 6) is -0.663. The lowest BCUT2D eigenvalue weighted by molar-refractivity contribution is -0.141. The van der Waals surface area contributed by atoms with Gasteiger partial charge in [-0.25, -0.2) is 9.78 Å². The van der Waals surface area contributed by atoms with Crippen molar-refractivity contribution in [3.63, 3.8) is 0 Å². The highest BCUT2D eigenvalue weighted by Crippen LogP contribution is 2.46. The Morgan fingerprint density at radius 2 is 1.73 bits per heavy atom. The fourth-order valence-corrected chi connectivity index (χ4v) is 6.65. The van der Waals surface area contributed by atoms with E-state index < -0.39 is 17.8 Å². The second kappa shape index (κ2) is 10.5. The number of urea groups is 1. The highest BCUT2D eigenvalue weighted by atomic mass is 35.5. The number of anilines is 1. The van der Waals surface area contributed by atoms with E-state index in [1.807, 2.05) is 9.80 Å². The molecule has 2 saturated carbocycles. The second-order valence-electron chi connectivity index (χ2n) is 12.0. The number of nitrogens with one attached hydrogen (secondary N) is 2. The molecule has 1 aromatic carbocycles. The zero-order chi connectivity index (χ0) is 30.9. The average Bonchev–Trinajstić information content (AvgIpc) is 3.54. The van der Waals surface area contributed by atoms with E-state index in [-0.39, 0.29) is 69.2 Å². The number of carbonyl (C=O) groups is 3. The van der Waals surface area contributed by atoms with E-state index in [4.69, 9.17) is 11.6 Å². The quantitative estimate of drug-likeness (QED) is 0.418. The Labute approximate surface area is 255 Å². The number of alkyl halides is 3. The van der Waals surface area contributed by atoms with Gasteiger partial charge in [0.1, 0.15) is 0 Å². The molecule has 2 aromatic heterocycles. The Morgan fingerprint density at radius 1 is 1.02 bits per heavy atom. The summed E-state index contributed by atoms with van der Waals surface area (Å²) in [6, 6.07) is 4.46. The van der Waals surface area contributed by atoms with Crippen molar-refractivity contribution in [1.29, 1.82) is 0 Å². The number of nitrogens with zero attached hydrogens (tertiary/aromatic N) is 6. The van der Waals surface area contributed by atoms with Crippen LogP contribution in [0.25, 0.3) is 11.3 Å². The molecule has 2 aliphatic heterocycles. The van der Waals surface area contributed by atoms with Crippen LogP contribution < -0.4 is 10.6 Å². The van der Waals surface area contributed by atoms with E-state index in [1.54, 1.807) is 0 Å². The third-order valence-electron chi connectivity index (χ3n) is 9.00. The van der Waals surface area contributed by atoms with Gasteiger partial charge in [-0.05, 0) is 43.9 Å². The van der Waals surface area contributed by atoms with Gasteiger partial charge >= 0.3 is 12.2 Å². The maximum absolute atomic E-state index is 13.7. The number of likely N-dealkylation sites (tertiary alicyclic amines) is 2. The summed E-state index contributed by atoms with van der Waals surface area (Å²) in [6.45, 7) is 2.86. The number of aromatic nitrogens is 4. The number of piperidine rings is 1. The number of hydrogen-bond donors (Lipinski definition) is 2. The van der Waals surface area contributed by atoms with E-state index in [9.17, 15) is 27.6 Å². The number of fused-ring (bicyclic) bond motifs is 1. The summed E-state index contributed by atoms with van der Waals surface area (Å²) in [5, 5.41) is 9.56. The molecule has 4 heterocycles. The molecule has 3 aromatic rings. The standard InChI is InChI=1S/C29H30ClF3N8O3/c1-38-22(20-14-41(16-5-6-16)37-24(20)29(31,32)33)11-34-25(38)27(43)35-15-4-7-17(21(30)10-15)26(42)36-23-18-12-40(13-19(18)23)28(44)39-8-2-3-9-39/h4,7,10-11,14,16,18-19,23H,2-3,5-6,8-9,12-13H2,1H3,(H,35,43)(H,36,42)/t18-,19+,23?. The van der Waals surface area contributed by atoms with Crippen LogP contribution in [0.3, 0.4) is 0 Å². The molecule has 11 nitrogen and oxygen atoms in total. The van der Waals surface area contributed by atoms with Crippen molar-refractivity contribution in [2.45, 2.75) is 43.9 Å². The van der Waals surface area contributed by atoms with Crippen LogP contribution in [0.1, 0.15) is 58.4 Å². The molecular formula is C29H30ClF3N8O3.